The molecule has 0 bridgehead atoms. The van der Waals surface area contributed by atoms with Crippen molar-refractivity contribution in [1.82, 2.24) is 10.3 Å². The molecule has 142 valence electrons. The molecular weight excluding hydrogens is 364 g/mol. The van der Waals surface area contributed by atoms with Crippen LogP contribution in [0.25, 0.3) is 10.9 Å². The molecule has 3 rings (SSSR count). The van der Waals surface area contributed by atoms with Gasteiger partial charge in [-0.2, -0.15) is 0 Å². The van der Waals surface area contributed by atoms with E-state index in [1.165, 1.54) is 12.5 Å². The summed E-state index contributed by atoms with van der Waals surface area (Å²) in [6.07, 6.45) is 3.18. The molecule has 2 aromatic carbocycles. The molecule has 0 aliphatic carbocycles. The fourth-order valence-electron chi connectivity index (χ4n) is 3.11. The fourth-order valence-corrected chi connectivity index (χ4v) is 3.30. The lowest BCUT2D eigenvalue weighted by Gasteiger charge is -2.12. The number of halogens is 1. The normalized spacial score (nSPS) is 12.3. The van der Waals surface area contributed by atoms with Crippen LogP contribution >= 0.6 is 11.6 Å². The minimum atomic E-state index is -0.580. The number of carbonyl (C=O) groups is 1. The van der Waals surface area contributed by atoms with Crippen LogP contribution in [0.3, 0.4) is 0 Å². The molecule has 3 aromatic rings. The summed E-state index contributed by atoms with van der Waals surface area (Å²) in [7, 11) is 0. The van der Waals surface area contributed by atoms with E-state index in [-0.39, 0.29) is 5.97 Å². The Morgan fingerprint density at radius 2 is 2.11 bits per heavy atom. The van der Waals surface area contributed by atoms with Crippen molar-refractivity contribution in [3.63, 3.8) is 0 Å². The average molecular weight is 387 g/mol. The summed E-state index contributed by atoms with van der Waals surface area (Å²) in [6.45, 7) is 2.66. The van der Waals surface area contributed by atoms with Gasteiger partial charge in [0.1, 0.15) is 0 Å². The van der Waals surface area contributed by atoms with Crippen LogP contribution in [-0.4, -0.2) is 29.1 Å². The van der Waals surface area contributed by atoms with E-state index in [1.54, 1.807) is 18.2 Å². The number of hydrogen-bond acceptors (Lipinski definition) is 4. The van der Waals surface area contributed by atoms with Crippen molar-refractivity contribution in [3.05, 3.63) is 64.8 Å². The fraction of sp³-hybridized carbons (Fsp3) is 0.286. The Kier molecular flexibility index (Phi) is 6.50. The van der Waals surface area contributed by atoms with E-state index < -0.39 is 6.10 Å². The van der Waals surface area contributed by atoms with E-state index >= 15 is 0 Å². The van der Waals surface area contributed by atoms with Gasteiger partial charge in [-0.05, 0) is 48.7 Å². The summed E-state index contributed by atoms with van der Waals surface area (Å²) >= 11 is 5.95. The van der Waals surface area contributed by atoms with E-state index in [9.17, 15) is 9.90 Å². The third-order valence-electron chi connectivity index (χ3n) is 4.39. The maximum absolute atomic E-state index is 11.2. The number of aromatic nitrogens is 1. The van der Waals surface area contributed by atoms with E-state index in [1.807, 2.05) is 30.5 Å². The van der Waals surface area contributed by atoms with Crippen LogP contribution in [0.1, 0.15) is 30.6 Å². The van der Waals surface area contributed by atoms with Crippen molar-refractivity contribution in [3.8, 4) is 5.75 Å². The zero-order chi connectivity index (χ0) is 19.2. The highest BCUT2D eigenvalue weighted by Gasteiger charge is 2.10. The Morgan fingerprint density at radius 1 is 1.30 bits per heavy atom. The highest BCUT2D eigenvalue weighted by atomic mass is 35.5. The molecule has 3 N–H and O–H groups in total. The third kappa shape index (κ3) is 5.10. The maximum atomic E-state index is 11.2. The molecule has 6 heteroatoms. The number of nitrogens with one attached hydrogen (secondary N) is 2. The Bertz CT molecular complexity index is 923. The van der Waals surface area contributed by atoms with Crippen molar-refractivity contribution in [2.75, 3.05) is 13.1 Å². The second kappa shape index (κ2) is 9.04. The van der Waals surface area contributed by atoms with Crippen molar-refractivity contribution in [1.29, 1.82) is 0 Å². The highest BCUT2D eigenvalue weighted by Crippen LogP contribution is 2.28. The number of esters is 1. The summed E-state index contributed by atoms with van der Waals surface area (Å²) in [4.78, 5) is 14.4. The third-order valence-corrected chi connectivity index (χ3v) is 4.62. The summed E-state index contributed by atoms with van der Waals surface area (Å²) in [5.41, 5.74) is 2.83. The van der Waals surface area contributed by atoms with Gasteiger partial charge >= 0.3 is 5.97 Å². The van der Waals surface area contributed by atoms with Gasteiger partial charge in [-0.25, -0.2) is 0 Å². The molecule has 1 heterocycles. The second-order valence-electron chi connectivity index (χ2n) is 6.46. The highest BCUT2D eigenvalue weighted by molar-refractivity contribution is 6.30. The zero-order valence-electron chi connectivity index (χ0n) is 15.2. The van der Waals surface area contributed by atoms with Gasteiger partial charge in [-0.15, -0.1) is 0 Å². The summed E-state index contributed by atoms with van der Waals surface area (Å²) in [6, 6.07) is 13.0. The number of para-hydroxylation sites is 1. The first-order valence-corrected chi connectivity index (χ1v) is 9.34. The van der Waals surface area contributed by atoms with Crippen LogP contribution in [0.2, 0.25) is 5.02 Å². The molecule has 0 unspecified atom stereocenters. The first-order valence-electron chi connectivity index (χ1n) is 8.96. The molecule has 1 aromatic heterocycles. The van der Waals surface area contributed by atoms with E-state index in [2.05, 4.69) is 10.3 Å². The number of rotatable bonds is 8. The Morgan fingerprint density at radius 3 is 2.89 bits per heavy atom. The largest absolute Gasteiger partial charge is 0.424 e. The number of ether oxygens (including phenoxy) is 1. The molecule has 0 radical (unpaired) electrons. The van der Waals surface area contributed by atoms with Crippen molar-refractivity contribution in [2.24, 2.45) is 0 Å². The number of carbonyl (C=O) groups excluding carboxylic acids is 1. The van der Waals surface area contributed by atoms with Crippen molar-refractivity contribution in [2.45, 2.75) is 25.9 Å². The number of aliphatic hydroxyl groups excluding tert-OH is 1. The standard InChI is InChI=1S/C21H23ClN2O3/c1-14(25)27-20-9-3-8-18-16(12-24-21(18)20)6-4-10-23-13-19(26)15-5-2-7-17(22)11-15/h2-3,5,7-9,11-12,19,23-24,26H,4,6,10,13H2,1H3/t19-/m1/s1. The van der Waals surface area contributed by atoms with Gasteiger partial charge in [0, 0.05) is 30.1 Å². The lowest BCUT2D eigenvalue weighted by Crippen LogP contribution is -2.22. The molecule has 0 aliphatic rings. The first kappa shape index (κ1) is 19.4. The molecule has 0 fully saturated rings. The number of H-pyrrole nitrogens is 1. The van der Waals surface area contributed by atoms with Crippen molar-refractivity contribution < 1.29 is 14.6 Å². The van der Waals surface area contributed by atoms with Crippen LogP contribution < -0.4 is 10.1 Å². The minimum absolute atomic E-state index is 0.332. The van der Waals surface area contributed by atoms with E-state index in [0.29, 0.717) is 17.3 Å². The predicted octanol–water partition coefficient (Wildman–Crippen LogP) is 4.00. The number of benzene rings is 2. The molecule has 5 nitrogen and oxygen atoms in total. The summed E-state index contributed by atoms with van der Waals surface area (Å²) in [5, 5.41) is 15.2. The molecule has 1 atom stereocenters. The van der Waals surface area contributed by atoms with Gasteiger partial charge in [-0.1, -0.05) is 35.9 Å². The zero-order valence-corrected chi connectivity index (χ0v) is 15.9. The van der Waals surface area contributed by atoms with Crippen LogP contribution in [0.15, 0.2) is 48.7 Å². The Hall–Kier alpha value is -2.34. The van der Waals surface area contributed by atoms with Crippen LogP contribution in [0.5, 0.6) is 5.75 Å². The molecule has 27 heavy (non-hydrogen) atoms. The number of hydrogen-bond donors (Lipinski definition) is 3. The van der Waals surface area contributed by atoms with Gasteiger partial charge in [0.25, 0.3) is 0 Å². The van der Waals surface area contributed by atoms with Gasteiger partial charge in [0.2, 0.25) is 0 Å². The quantitative estimate of drug-likeness (QED) is 0.311. The van der Waals surface area contributed by atoms with Crippen LogP contribution in [0, 0.1) is 0 Å². The molecule has 0 amide bonds. The van der Waals surface area contributed by atoms with Gasteiger partial charge in [0.05, 0.1) is 11.6 Å². The predicted molar refractivity (Wildman–Crippen MR) is 107 cm³/mol. The van der Waals surface area contributed by atoms with Gasteiger partial charge in [-0.3, -0.25) is 4.79 Å². The number of fused-ring (bicyclic) bond motifs is 1. The summed E-state index contributed by atoms with van der Waals surface area (Å²) in [5.74, 6) is 0.218. The topological polar surface area (TPSA) is 74.3 Å². The van der Waals surface area contributed by atoms with Crippen LogP contribution in [0.4, 0.5) is 0 Å². The lowest BCUT2D eigenvalue weighted by atomic mass is 10.1. The molecule has 0 spiro atoms. The second-order valence-corrected chi connectivity index (χ2v) is 6.90. The minimum Gasteiger partial charge on any atom is -0.424 e. The monoisotopic (exact) mass is 386 g/mol. The van der Waals surface area contributed by atoms with Gasteiger partial charge in [0.15, 0.2) is 5.75 Å². The molecule has 0 saturated heterocycles. The molecule has 0 saturated carbocycles. The summed E-state index contributed by atoms with van der Waals surface area (Å²) < 4.78 is 5.24. The van der Waals surface area contributed by atoms with Crippen molar-refractivity contribution >= 4 is 28.5 Å². The number of aliphatic hydroxyl groups is 1. The SMILES string of the molecule is CC(=O)Oc1cccc2c(CCCNC[C@@H](O)c3cccc(Cl)c3)c[nH]c12. The van der Waals surface area contributed by atoms with E-state index in [0.717, 1.165) is 35.9 Å². The maximum Gasteiger partial charge on any atom is 0.308 e. The van der Waals surface area contributed by atoms with E-state index in [4.69, 9.17) is 16.3 Å². The first-order chi connectivity index (χ1) is 13.0. The molecule has 0 aliphatic heterocycles. The Labute approximate surface area is 163 Å². The Balaban J connectivity index is 1.50. The number of aromatic amines is 1. The van der Waals surface area contributed by atoms with Crippen LogP contribution in [-0.2, 0) is 11.2 Å². The average Bonchev–Trinajstić information content (AvgIpc) is 3.05. The van der Waals surface area contributed by atoms with Gasteiger partial charge < -0.3 is 20.1 Å². The lowest BCUT2D eigenvalue weighted by molar-refractivity contribution is -0.131. The number of aryl methyl sites for hydroxylation is 1. The smallest absolute Gasteiger partial charge is 0.308 e. The molecular formula is C21H23ClN2O3.